The third-order valence-corrected chi connectivity index (χ3v) is 8.48. The highest BCUT2D eigenvalue weighted by molar-refractivity contribution is 5.74. The van der Waals surface area contributed by atoms with Crippen molar-refractivity contribution in [3.8, 4) is 0 Å². The van der Waals surface area contributed by atoms with Gasteiger partial charge in [-0.3, -0.25) is 4.79 Å². The number of aldehydes is 1. The lowest BCUT2D eigenvalue weighted by molar-refractivity contribution is -0.115. The molecule has 3 atom stereocenters. The molecule has 1 aliphatic rings. The summed E-state index contributed by atoms with van der Waals surface area (Å²) in [5.41, 5.74) is 5.02. The van der Waals surface area contributed by atoms with Crippen molar-refractivity contribution in [1.82, 2.24) is 0 Å². The number of aliphatic hydroxyl groups excluding tert-OH is 1. The maximum Gasteiger partial charge on any atom is 0.145 e. The Labute approximate surface area is 210 Å². The second-order valence-corrected chi connectivity index (χ2v) is 11.4. The van der Waals surface area contributed by atoms with E-state index in [0.717, 1.165) is 63.2 Å². The number of allylic oxidation sites excluding steroid dienone is 7. The fourth-order valence-electron chi connectivity index (χ4n) is 5.39. The topological polar surface area (TPSA) is 57.5 Å². The Morgan fingerprint density at radius 1 is 1.09 bits per heavy atom. The minimum absolute atomic E-state index is 0.119. The van der Waals surface area contributed by atoms with Crippen LogP contribution in [0.3, 0.4) is 0 Å². The number of rotatable bonds is 14. The number of carbonyl (C=O) groups is 1. The van der Waals surface area contributed by atoms with Gasteiger partial charge >= 0.3 is 0 Å². The van der Waals surface area contributed by atoms with E-state index in [-0.39, 0.29) is 17.9 Å². The molecule has 1 rings (SSSR count). The summed E-state index contributed by atoms with van der Waals surface area (Å²) in [7, 11) is 0. The molecular formula is C31H52O3. The molecule has 0 amide bonds. The zero-order valence-corrected chi connectivity index (χ0v) is 23.2. The predicted octanol–water partition coefficient (Wildman–Crippen LogP) is 7.89. The number of hydrogen-bond acceptors (Lipinski definition) is 3. The first-order valence-electron chi connectivity index (χ1n) is 13.4. The minimum atomic E-state index is -0.790. The van der Waals surface area contributed by atoms with Crippen LogP contribution in [-0.4, -0.2) is 28.7 Å². The molecule has 1 aliphatic carbocycles. The Kier molecular flexibility index (Phi) is 12.8. The Morgan fingerprint density at radius 3 is 2.29 bits per heavy atom. The van der Waals surface area contributed by atoms with E-state index in [1.165, 1.54) is 22.3 Å². The smallest absolute Gasteiger partial charge is 0.145 e. The molecule has 0 heterocycles. The Morgan fingerprint density at radius 2 is 1.71 bits per heavy atom. The van der Waals surface area contributed by atoms with Crippen molar-refractivity contribution in [3.05, 3.63) is 46.6 Å². The molecule has 0 bridgehead atoms. The zero-order valence-electron chi connectivity index (χ0n) is 23.2. The molecule has 0 aromatic heterocycles. The maximum absolute atomic E-state index is 11.6. The van der Waals surface area contributed by atoms with Crippen molar-refractivity contribution in [2.45, 2.75) is 118 Å². The number of carbonyl (C=O) groups excluding carboxylic acids is 1. The van der Waals surface area contributed by atoms with Crippen LogP contribution in [0.4, 0.5) is 0 Å². The Hall–Kier alpha value is -1.45. The SMILES string of the molecule is C=C(CCC(C)=CCCC(C)=CCCC1(C)C(CCCO)C(=C(C)C=O)CCC1(C)O)C(C)C. The largest absolute Gasteiger partial charge is 0.396 e. The molecular weight excluding hydrogens is 420 g/mol. The number of aliphatic hydroxyl groups is 2. The lowest BCUT2D eigenvalue weighted by Gasteiger charge is -2.53. The van der Waals surface area contributed by atoms with Gasteiger partial charge in [0.05, 0.1) is 5.60 Å². The Balaban J connectivity index is 2.81. The monoisotopic (exact) mass is 472 g/mol. The molecule has 1 fully saturated rings. The van der Waals surface area contributed by atoms with Crippen molar-refractivity contribution in [2.24, 2.45) is 17.3 Å². The molecule has 3 heteroatoms. The molecule has 3 nitrogen and oxygen atoms in total. The second kappa shape index (κ2) is 14.2. The fraction of sp³-hybridized carbons (Fsp3) is 0.710. The van der Waals surface area contributed by atoms with Crippen LogP contribution in [0.2, 0.25) is 0 Å². The average molecular weight is 473 g/mol. The molecule has 0 radical (unpaired) electrons. The molecule has 2 N–H and O–H groups in total. The molecule has 194 valence electrons. The van der Waals surface area contributed by atoms with Gasteiger partial charge in [0.2, 0.25) is 0 Å². The lowest BCUT2D eigenvalue weighted by atomic mass is 9.54. The molecule has 3 unspecified atom stereocenters. The maximum atomic E-state index is 11.6. The van der Waals surface area contributed by atoms with Crippen LogP contribution in [0.15, 0.2) is 46.6 Å². The number of hydrogen-bond donors (Lipinski definition) is 2. The van der Waals surface area contributed by atoms with Crippen LogP contribution in [0, 0.1) is 17.3 Å². The summed E-state index contributed by atoms with van der Waals surface area (Å²) in [6, 6.07) is 0. The van der Waals surface area contributed by atoms with Gasteiger partial charge in [-0.1, -0.05) is 61.8 Å². The molecule has 0 saturated heterocycles. The molecule has 1 saturated carbocycles. The summed E-state index contributed by atoms with van der Waals surface area (Å²) in [6.45, 7) is 19.2. The van der Waals surface area contributed by atoms with Gasteiger partial charge in [-0.05, 0) is 109 Å². The van der Waals surface area contributed by atoms with Crippen LogP contribution >= 0.6 is 0 Å². The van der Waals surface area contributed by atoms with Crippen molar-refractivity contribution < 1.29 is 15.0 Å². The Bertz CT molecular complexity index is 766. The van der Waals surface area contributed by atoms with Crippen LogP contribution in [0.5, 0.6) is 0 Å². The van der Waals surface area contributed by atoms with E-state index >= 15 is 0 Å². The molecule has 0 aromatic carbocycles. The van der Waals surface area contributed by atoms with Crippen LogP contribution < -0.4 is 0 Å². The highest BCUT2D eigenvalue weighted by Gasteiger charge is 2.51. The van der Waals surface area contributed by atoms with Crippen molar-refractivity contribution in [2.75, 3.05) is 6.61 Å². The average Bonchev–Trinajstić information content (AvgIpc) is 2.77. The molecule has 0 aromatic rings. The van der Waals surface area contributed by atoms with Crippen LogP contribution in [0.1, 0.15) is 113 Å². The van der Waals surface area contributed by atoms with E-state index in [4.69, 9.17) is 0 Å². The van der Waals surface area contributed by atoms with Gasteiger partial charge in [0, 0.05) is 12.0 Å². The van der Waals surface area contributed by atoms with Crippen LogP contribution in [0.25, 0.3) is 0 Å². The van der Waals surface area contributed by atoms with Crippen molar-refractivity contribution in [3.63, 3.8) is 0 Å². The second-order valence-electron chi connectivity index (χ2n) is 11.4. The summed E-state index contributed by atoms with van der Waals surface area (Å²) < 4.78 is 0. The highest BCUT2D eigenvalue weighted by Crippen LogP contribution is 2.55. The lowest BCUT2D eigenvalue weighted by Crippen LogP contribution is -2.52. The van der Waals surface area contributed by atoms with E-state index < -0.39 is 5.60 Å². The van der Waals surface area contributed by atoms with E-state index in [0.29, 0.717) is 18.8 Å². The molecule has 34 heavy (non-hydrogen) atoms. The van der Waals surface area contributed by atoms with Gasteiger partial charge in [-0.25, -0.2) is 0 Å². The summed E-state index contributed by atoms with van der Waals surface area (Å²) in [5, 5.41) is 20.9. The van der Waals surface area contributed by atoms with E-state index in [9.17, 15) is 15.0 Å². The predicted molar refractivity (Wildman–Crippen MR) is 146 cm³/mol. The molecule has 0 aliphatic heterocycles. The van der Waals surface area contributed by atoms with Gasteiger partial charge < -0.3 is 10.2 Å². The third-order valence-electron chi connectivity index (χ3n) is 8.48. The van der Waals surface area contributed by atoms with Crippen molar-refractivity contribution in [1.29, 1.82) is 0 Å². The van der Waals surface area contributed by atoms with Gasteiger partial charge in [0.15, 0.2) is 0 Å². The first kappa shape index (κ1) is 30.6. The van der Waals surface area contributed by atoms with Gasteiger partial charge in [-0.2, -0.15) is 0 Å². The quantitative estimate of drug-likeness (QED) is 0.153. The van der Waals surface area contributed by atoms with Crippen molar-refractivity contribution >= 4 is 6.29 Å². The summed E-state index contributed by atoms with van der Waals surface area (Å²) >= 11 is 0. The van der Waals surface area contributed by atoms with Gasteiger partial charge in [-0.15, -0.1) is 0 Å². The van der Waals surface area contributed by atoms with E-state index in [2.05, 4.69) is 53.3 Å². The first-order chi connectivity index (χ1) is 15.9. The van der Waals surface area contributed by atoms with Gasteiger partial charge in [0.1, 0.15) is 6.29 Å². The molecule has 0 spiro atoms. The first-order valence-corrected chi connectivity index (χ1v) is 13.4. The van der Waals surface area contributed by atoms with Crippen LogP contribution in [-0.2, 0) is 4.79 Å². The summed E-state index contributed by atoms with van der Waals surface area (Å²) in [5.74, 6) is 0.676. The highest BCUT2D eigenvalue weighted by atomic mass is 16.3. The summed E-state index contributed by atoms with van der Waals surface area (Å²) in [4.78, 5) is 11.6. The van der Waals surface area contributed by atoms with E-state index in [1.807, 2.05) is 13.8 Å². The fourth-order valence-corrected chi connectivity index (χ4v) is 5.39. The summed E-state index contributed by atoms with van der Waals surface area (Å²) in [6.07, 6.45) is 14.7. The standard InChI is InChI=1S/C31H52O3/c1-23(2)26(5)17-16-25(4)13-9-12-24(3)14-10-19-30(7)29(15-11-21-32)28(27(6)22-33)18-20-31(30,8)34/h13-14,22-23,29,32,34H,5,9-12,15-21H2,1-4,6-8H3. The van der Waals surface area contributed by atoms with Gasteiger partial charge in [0.25, 0.3) is 0 Å². The normalized spacial score (nSPS) is 27.8. The van der Waals surface area contributed by atoms with E-state index in [1.54, 1.807) is 0 Å². The zero-order chi connectivity index (χ0) is 25.9. The third kappa shape index (κ3) is 8.64. The minimum Gasteiger partial charge on any atom is -0.396 e.